The minimum Gasteiger partial charge on any atom is -0.300 e. The van der Waals surface area contributed by atoms with Gasteiger partial charge in [-0.05, 0) is 26.3 Å². The van der Waals surface area contributed by atoms with Crippen LogP contribution in [0.1, 0.15) is 33.6 Å². The Hall–Kier alpha value is -0.990. The van der Waals surface area contributed by atoms with Gasteiger partial charge in [-0.15, -0.1) is 11.8 Å². The van der Waals surface area contributed by atoms with Gasteiger partial charge in [-0.1, -0.05) is 13.8 Å². The molecule has 100 valence electrons. The normalized spacial score (nSPS) is 15.9. The summed E-state index contributed by atoms with van der Waals surface area (Å²) in [6.07, 6.45) is 5.74. The van der Waals surface area contributed by atoms with E-state index < -0.39 is 5.54 Å². The third-order valence-electron chi connectivity index (χ3n) is 2.73. The van der Waals surface area contributed by atoms with Crippen molar-refractivity contribution >= 4 is 11.8 Å². The molecule has 0 fully saturated rings. The zero-order valence-corrected chi connectivity index (χ0v) is 12.4. The van der Waals surface area contributed by atoms with Crippen LogP contribution in [0.5, 0.6) is 0 Å². The molecule has 0 saturated heterocycles. The zero-order chi connectivity index (χ0) is 13.6. The maximum atomic E-state index is 9.29. The Balaban J connectivity index is 2.52. The number of hydrogen-bond donors (Lipinski definition) is 1. The van der Waals surface area contributed by atoms with Crippen LogP contribution in [-0.4, -0.2) is 27.1 Å². The Labute approximate surface area is 114 Å². The summed E-state index contributed by atoms with van der Waals surface area (Å²) in [5.41, 5.74) is -0.440. The smallest absolute Gasteiger partial charge is 0.104 e. The molecule has 18 heavy (non-hydrogen) atoms. The Bertz CT molecular complexity index is 409. The van der Waals surface area contributed by atoms with E-state index >= 15 is 0 Å². The molecule has 0 aliphatic carbocycles. The summed E-state index contributed by atoms with van der Waals surface area (Å²) in [6, 6.07) is 2.39. The van der Waals surface area contributed by atoms with Crippen LogP contribution >= 0.6 is 11.8 Å². The number of rotatable bonds is 7. The predicted molar refractivity (Wildman–Crippen MR) is 75.5 cm³/mol. The van der Waals surface area contributed by atoms with Gasteiger partial charge in [0, 0.05) is 23.4 Å². The monoisotopic (exact) mass is 266 g/mol. The molecular formula is C13H22N4S. The summed E-state index contributed by atoms with van der Waals surface area (Å²) in [4.78, 5) is 1.15. The molecular weight excluding hydrogens is 244 g/mol. The van der Waals surface area contributed by atoms with Crippen LogP contribution in [0.25, 0.3) is 0 Å². The molecule has 1 aromatic rings. The highest BCUT2D eigenvalue weighted by atomic mass is 32.2. The molecule has 5 heteroatoms. The van der Waals surface area contributed by atoms with Crippen LogP contribution in [0.4, 0.5) is 0 Å². The fourth-order valence-electron chi connectivity index (χ4n) is 1.87. The van der Waals surface area contributed by atoms with Crippen molar-refractivity contribution in [1.29, 1.82) is 5.26 Å². The number of aryl methyl sites for hydroxylation is 1. The lowest BCUT2D eigenvalue weighted by Gasteiger charge is -2.26. The molecule has 1 aromatic heterocycles. The SMILES string of the molecule is CCCNC(C)(C#N)CC(C)Sc1cnn(C)c1. The second-order valence-corrected chi connectivity index (χ2v) is 6.36. The highest BCUT2D eigenvalue weighted by Gasteiger charge is 2.25. The minimum atomic E-state index is -0.440. The van der Waals surface area contributed by atoms with Gasteiger partial charge in [0.2, 0.25) is 0 Å². The summed E-state index contributed by atoms with van der Waals surface area (Å²) in [7, 11) is 1.91. The second kappa shape index (κ2) is 6.81. The first-order chi connectivity index (χ1) is 8.49. The van der Waals surface area contributed by atoms with Gasteiger partial charge >= 0.3 is 0 Å². The van der Waals surface area contributed by atoms with Crippen molar-refractivity contribution in [2.45, 2.75) is 49.3 Å². The highest BCUT2D eigenvalue weighted by Crippen LogP contribution is 2.28. The van der Waals surface area contributed by atoms with E-state index in [0.29, 0.717) is 5.25 Å². The van der Waals surface area contributed by atoms with Gasteiger partial charge in [-0.2, -0.15) is 10.4 Å². The van der Waals surface area contributed by atoms with E-state index in [-0.39, 0.29) is 0 Å². The van der Waals surface area contributed by atoms with Crippen LogP contribution in [0, 0.1) is 11.3 Å². The molecule has 1 heterocycles. The van der Waals surface area contributed by atoms with Gasteiger partial charge in [-0.3, -0.25) is 10.00 Å². The Morgan fingerprint density at radius 1 is 1.67 bits per heavy atom. The molecule has 1 rings (SSSR count). The standard InChI is InChI=1S/C13H22N4S/c1-5-6-15-13(3,10-14)7-11(2)18-12-8-16-17(4)9-12/h8-9,11,15H,5-7H2,1-4H3. The van der Waals surface area contributed by atoms with Crippen molar-refractivity contribution in [3.05, 3.63) is 12.4 Å². The average Bonchev–Trinajstić information content (AvgIpc) is 2.72. The van der Waals surface area contributed by atoms with Crippen LogP contribution in [-0.2, 0) is 7.05 Å². The molecule has 1 N–H and O–H groups in total. The molecule has 2 unspecified atom stereocenters. The number of hydrogen-bond acceptors (Lipinski definition) is 4. The van der Waals surface area contributed by atoms with Gasteiger partial charge < -0.3 is 0 Å². The fourth-order valence-corrected chi connectivity index (χ4v) is 3.07. The topological polar surface area (TPSA) is 53.6 Å². The molecule has 4 nitrogen and oxygen atoms in total. The summed E-state index contributed by atoms with van der Waals surface area (Å²) in [6.45, 7) is 7.12. The van der Waals surface area contributed by atoms with Crippen molar-refractivity contribution < 1.29 is 0 Å². The first-order valence-corrected chi connectivity index (χ1v) is 7.18. The van der Waals surface area contributed by atoms with Gasteiger partial charge in [-0.25, -0.2) is 0 Å². The summed E-state index contributed by atoms with van der Waals surface area (Å²) in [5, 5.41) is 17.1. The van der Waals surface area contributed by atoms with E-state index in [4.69, 9.17) is 0 Å². The number of aromatic nitrogens is 2. The number of nitrogens with one attached hydrogen (secondary N) is 1. The third-order valence-corrected chi connectivity index (χ3v) is 3.78. The lowest BCUT2D eigenvalue weighted by atomic mass is 9.98. The summed E-state index contributed by atoms with van der Waals surface area (Å²) >= 11 is 1.77. The van der Waals surface area contributed by atoms with E-state index in [1.54, 1.807) is 16.4 Å². The predicted octanol–water partition coefficient (Wildman–Crippen LogP) is 2.57. The molecule has 0 spiro atoms. The second-order valence-electron chi connectivity index (χ2n) is 4.85. The Kier molecular flexibility index (Phi) is 5.70. The maximum Gasteiger partial charge on any atom is 0.104 e. The summed E-state index contributed by atoms with van der Waals surface area (Å²) in [5.74, 6) is 0. The van der Waals surface area contributed by atoms with Gasteiger partial charge in [0.25, 0.3) is 0 Å². The van der Waals surface area contributed by atoms with Crippen molar-refractivity contribution in [3.8, 4) is 6.07 Å². The van der Waals surface area contributed by atoms with Crippen molar-refractivity contribution in [2.24, 2.45) is 7.05 Å². The minimum absolute atomic E-state index is 0.378. The van der Waals surface area contributed by atoms with Crippen LogP contribution in [0.3, 0.4) is 0 Å². The third kappa shape index (κ3) is 4.71. The lowest BCUT2D eigenvalue weighted by molar-refractivity contribution is 0.418. The largest absolute Gasteiger partial charge is 0.300 e. The van der Waals surface area contributed by atoms with Crippen molar-refractivity contribution in [2.75, 3.05) is 6.54 Å². The van der Waals surface area contributed by atoms with Crippen LogP contribution in [0.15, 0.2) is 17.3 Å². The molecule has 0 saturated carbocycles. The quantitative estimate of drug-likeness (QED) is 0.771. The van der Waals surface area contributed by atoms with E-state index in [0.717, 1.165) is 24.3 Å². The van der Waals surface area contributed by atoms with E-state index in [9.17, 15) is 5.26 Å². The molecule has 0 radical (unpaired) electrons. The Morgan fingerprint density at radius 3 is 2.89 bits per heavy atom. The van der Waals surface area contributed by atoms with E-state index in [1.807, 2.05) is 26.4 Å². The van der Waals surface area contributed by atoms with Gasteiger partial charge in [0.15, 0.2) is 0 Å². The molecule has 0 bridgehead atoms. The molecule has 0 aliphatic heterocycles. The fraction of sp³-hybridized carbons (Fsp3) is 0.692. The lowest BCUT2D eigenvalue weighted by Crippen LogP contribution is -2.43. The maximum absolute atomic E-state index is 9.29. The first-order valence-electron chi connectivity index (χ1n) is 6.30. The molecule has 0 aromatic carbocycles. The van der Waals surface area contributed by atoms with Crippen molar-refractivity contribution in [3.63, 3.8) is 0 Å². The average molecular weight is 266 g/mol. The number of nitriles is 1. The van der Waals surface area contributed by atoms with Gasteiger partial charge in [0.1, 0.15) is 5.54 Å². The van der Waals surface area contributed by atoms with E-state index in [2.05, 4.69) is 30.3 Å². The van der Waals surface area contributed by atoms with E-state index in [1.165, 1.54) is 0 Å². The molecule has 0 amide bonds. The number of nitrogens with zero attached hydrogens (tertiary/aromatic N) is 3. The van der Waals surface area contributed by atoms with Crippen LogP contribution in [0.2, 0.25) is 0 Å². The van der Waals surface area contributed by atoms with Crippen molar-refractivity contribution in [1.82, 2.24) is 15.1 Å². The van der Waals surface area contributed by atoms with Crippen LogP contribution < -0.4 is 5.32 Å². The first kappa shape index (κ1) is 15.1. The number of thioether (sulfide) groups is 1. The molecule has 0 aliphatic rings. The zero-order valence-electron chi connectivity index (χ0n) is 11.6. The molecule has 2 atom stereocenters. The highest BCUT2D eigenvalue weighted by molar-refractivity contribution is 7.99. The Morgan fingerprint density at radius 2 is 2.39 bits per heavy atom. The summed E-state index contributed by atoms with van der Waals surface area (Å²) < 4.78 is 1.80. The van der Waals surface area contributed by atoms with Gasteiger partial charge in [0.05, 0.1) is 12.3 Å².